The zero-order chi connectivity index (χ0) is 19.1. The van der Waals surface area contributed by atoms with Gasteiger partial charge in [-0.3, -0.25) is 0 Å². The minimum Gasteiger partial charge on any atom is -0.872 e. The Morgan fingerprint density at radius 3 is 1.36 bits per heavy atom. The summed E-state index contributed by atoms with van der Waals surface area (Å²) in [6.45, 7) is 0.0234. The summed E-state index contributed by atoms with van der Waals surface area (Å²) in [7, 11) is 0. The standard InChI is InChI=1S/C18H20N2O6.Fe.Na/c21-13-7-3-1-5-11(13)15(17(23)24)19-9-10-20-16(18(25)26)12-6-2-4-8-14(12)22;;/h1-8,15-16,19-22H,9-10H2,(H,23,24)(H,25,26);;/q;+5;+1/p-4. The van der Waals surface area contributed by atoms with Crippen molar-refractivity contribution in [2.45, 2.75) is 12.1 Å². The summed E-state index contributed by atoms with van der Waals surface area (Å²) in [4.78, 5) is 22.6. The predicted molar refractivity (Wildman–Crippen MR) is 83.3 cm³/mol. The number of para-hydroxylation sites is 2. The average Bonchev–Trinajstić information content (AvgIpc) is 2.59. The first-order valence-electron chi connectivity index (χ1n) is 7.82. The largest absolute Gasteiger partial charge is 5.00 e. The Hall–Kier alpha value is -1.58. The van der Waals surface area contributed by atoms with Crippen LogP contribution in [0.5, 0.6) is 11.5 Å². The fraction of sp³-hybridized carbons (Fsp3) is 0.222. The fourth-order valence-corrected chi connectivity index (χ4v) is 2.51. The first-order chi connectivity index (χ1) is 12.4. The summed E-state index contributed by atoms with van der Waals surface area (Å²) < 4.78 is 0. The number of carboxylic acids is 2. The molecule has 2 atom stereocenters. The van der Waals surface area contributed by atoms with Crippen LogP contribution in [0.25, 0.3) is 0 Å². The smallest absolute Gasteiger partial charge is 0.872 e. The van der Waals surface area contributed by atoms with Crippen LogP contribution in [0.1, 0.15) is 23.2 Å². The Morgan fingerprint density at radius 1 is 0.750 bits per heavy atom. The molecule has 0 amide bonds. The molecular weight excluding hydrogens is 419 g/mol. The van der Waals surface area contributed by atoms with Gasteiger partial charge in [-0.15, -0.1) is 11.5 Å². The van der Waals surface area contributed by atoms with E-state index >= 15 is 0 Å². The third-order valence-corrected chi connectivity index (χ3v) is 3.75. The molecule has 2 rings (SSSR count). The monoisotopic (exact) mass is 435 g/mol. The van der Waals surface area contributed by atoms with Crippen LogP contribution in [0.2, 0.25) is 0 Å². The van der Waals surface area contributed by atoms with Gasteiger partial charge in [0.2, 0.25) is 0 Å². The van der Waals surface area contributed by atoms with Crippen LogP contribution in [0, 0.1) is 0 Å². The maximum absolute atomic E-state index is 11.8. The van der Waals surface area contributed by atoms with Gasteiger partial charge in [-0.05, 0) is 11.1 Å². The van der Waals surface area contributed by atoms with Gasteiger partial charge in [0, 0.05) is 13.1 Å². The molecule has 0 saturated heterocycles. The van der Waals surface area contributed by atoms with E-state index in [0.29, 0.717) is 0 Å². The molecule has 1 radical (unpaired) electrons. The number of hydrogen-bond acceptors (Lipinski definition) is 8. The van der Waals surface area contributed by atoms with E-state index in [0.717, 1.165) is 0 Å². The van der Waals surface area contributed by atoms with Gasteiger partial charge in [0.05, 0.1) is 24.0 Å². The second kappa shape index (κ2) is 12.8. The Morgan fingerprint density at radius 2 is 1.07 bits per heavy atom. The molecule has 0 heterocycles. The molecule has 0 aliphatic heterocycles. The Balaban J connectivity index is 0.00000364. The molecule has 2 N–H and O–H groups in total. The maximum atomic E-state index is 11.8. The van der Waals surface area contributed by atoms with Gasteiger partial charge in [-0.1, -0.05) is 48.5 Å². The van der Waals surface area contributed by atoms with Crippen molar-refractivity contribution in [1.29, 1.82) is 0 Å². The van der Waals surface area contributed by atoms with Crippen LogP contribution in [0.4, 0.5) is 0 Å². The Labute approximate surface area is 194 Å². The summed E-state index contributed by atoms with van der Waals surface area (Å²) >= 11 is 0. The molecule has 2 aromatic carbocycles. The minimum absolute atomic E-state index is 0. The van der Waals surface area contributed by atoms with Gasteiger partial charge < -0.3 is 40.6 Å². The van der Waals surface area contributed by atoms with E-state index < -0.39 is 35.5 Å². The zero-order valence-corrected chi connectivity index (χ0v) is 18.1. The predicted octanol–water partition coefficient (Wildman–Crippen LogP) is -5.70. The number of carbonyl (C=O) groups excluding carboxylic acids is 2. The van der Waals surface area contributed by atoms with E-state index in [1.807, 2.05) is 0 Å². The van der Waals surface area contributed by atoms with E-state index in [4.69, 9.17) is 0 Å². The number of benzene rings is 2. The van der Waals surface area contributed by atoms with E-state index in [2.05, 4.69) is 10.6 Å². The van der Waals surface area contributed by atoms with E-state index in [9.17, 15) is 30.0 Å². The van der Waals surface area contributed by atoms with Crippen molar-refractivity contribution in [1.82, 2.24) is 10.6 Å². The average molecular weight is 435 g/mol. The van der Waals surface area contributed by atoms with Crippen LogP contribution in [-0.4, -0.2) is 25.0 Å². The molecule has 0 aliphatic rings. The topological polar surface area (TPSA) is 150 Å². The van der Waals surface area contributed by atoms with Gasteiger partial charge in [0.25, 0.3) is 0 Å². The molecule has 141 valence electrons. The molecule has 2 aromatic rings. The second-order valence-corrected chi connectivity index (χ2v) is 5.49. The molecule has 0 bridgehead atoms. The van der Waals surface area contributed by atoms with Crippen molar-refractivity contribution in [2.24, 2.45) is 0 Å². The number of hydrogen-bond donors (Lipinski definition) is 2. The summed E-state index contributed by atoms with van der Waals surface area (Å²) in [5.41, 5.74) is 0.0442. The van der Waals surface area contributed by atoms with E-state index in [1.165, 1.54) is 48.5 Å². The van der Waals surface area contributed by atoms with Crippen molar-refractivity contribution in [2.75, 3.05) is 13.1 Å². The molecule has 0 aliphatic carbocycles. The Bertz CT molecular complexity index is 727. The third-order valence-electron chi connectivity index (χ3n) is 3.75. The molecule has 0 spiro atoms. The molecule has 0 saturated carbocycles. The van der Waals surface area contributed by atoms with Gasteiger partial charge in [0.1, 0.15) is 0 Å². The number of carboxylic acid groups (broad SMARTS) is 2. The van der Waals surface area contributed by atoms with Crippen LogP contribution in [0.15, 0.2) is 48.5 Å². The van der Waals surface area contributed by atoms with Gasteiger partial charge in [0.15, 0.2) is 0 Å². The Kier molecular flexibility index (Phi) is 12.1. The SMILES string of the molecule is O=C([O-])C(NCCNC(C(=O)[O-])c1ccccc1[O-])c1ccccc1[O-].[Fe+5].[Na+]. The first kappa shape index (κ1) is 26.4. The van der Waals surface area contributed by atoms with Crippen LogP contribution >= 0.6 is 0 Å². The van der Waals surface area contributed by atoms with Gasteiger partial charge in [-0.25, -0.2) is 0 Å². The maximum Gasteiger partial charge on any atom is 5.00 e. The number of aliphatic carboxylic acids is 2. The molecule has 0 fully saturated rings. The summed E-state index contributed by atoms with van der Waals surface area (Å²) in [5.74, 6) is -3.85. The van der Waals surface area contributed by atoms with Gasteiger partial charge >= 0.3 is 46.6 Å². The van der Waals surface area contributed by atoms with Crippen molar-refractivity contribution >= 4 is 11.9 Å². The zero-order valence-electron chi connectivity index (χ0n) is 15.0. The normalized spacial score (nSPS) is 12.1. The number of nitrogens with one attached hydrogen (secondary N) is 2. The molecule has 2 unspecified atom stereocenters. The van der Waals surface area contributed by atoms with E-state index in [1.54, 1.807) is 0 Å². The molecule has 28 heavy (non-hydrogen) atoms. The fourth-order valence-electron chi connectivity index (χ4n) is 2.51. The third kappa shape index (κ3) is 7.10. The van der Waals surface area contributed by atoms with Crippen molar-refractivity contribution in [3.8, 4) is 11.5 Å². The quantitative estimate of drug-likeness (QED) is 0.292. The van der Waals surface area contributed by atoms with Crippen LogP contribution in [-0.2, 0) is 26.7 Å². The molecule has 0 aromatic heterocycles. The minimum atomic E-state index is -1.48. The number of rotatable bonds is 9. The summed E-state index contributed by atoms with van der Waals surface area (Å²) in [6, 6.07) is 8.60. The van der Waals surface area contributed by atoms with Crippen molar-refractivity contribution < 1.29 is 76.6 Å². The van der Waals surface area contributed by atoms with Crippen molar-refractivity contribution in [3.63, 3.8) is 0 Å². The van der Waals surface area contributed by atoms with Crippen molar-refractivity contribution in [3.05, 3.63) is 59.7 Å². The summed E-state index contributed by atoms with van der Waals surface area (Å²) in [5, 5.41) is 51.3. The van der Waals surface area contributed by atoms with E-state index in [-0.39, 0.29) is 70.8 Å². The second-order valence-electron chi connectivity index (χ2n) is 5.49. The number of carbonyl (C=O) groups is 2. The molecule has 8 nitrogen and oxygen atoms in total. The van der Waals surface area contributed by atoms with Gasteiger partial charge in [-0.2, -0.15) is 0 Å². The van der Waals surface area contributed by atoms with Crippen LogP contribution < -0.4 is 60.6 Å². The first-order valence-corrected chi connectivity index (χ1v) is 7.82. The molecular formula is C18H16FeN2NaO6+2. The van der Waals surface area contributed by atoms with Crippen LogP contribution in [0.3, 0.4) is 0 Å². The molecule has 10 heteroatoms. The summed E-state index contributed by atoms with van der Waals surface area (Å²) in [6.07, 6.45) is 0.